The van der Waals surface area contributed by atoms with E-state index in [9.17, 15) is 18.8 Å². The summed E-state index contributed by atoms with van der Waals surface area (Å²) in [7, 11) is 0. The molecule has 2 aromatic rings. The van der Waals surface area contributed by atoms with E-state index in [1.807, 2.05) is 0 Å². The molecule has 172 valence electrons. The van der Waals surface area contributed by atoms with E-state index in [1.54, 1.807) is 0 Å². The first-order chi connectivity index (χ1) is 15.5. The Bertz CT molecular complexity index is 974. The van der Waals surface area contributed by atoms with Crippen LogP contribution < -0.4 is 5.32 Å². The fraction of sp³-hybridized carbons (Fsp3) is 0.560. The highest BCUT2D eigenvalue weighted by atomic mass is 19.1. The molecule has 2 amide bonds. The molecule has 32 heavy (non-hydrogen) atoms. The van der Waals surface area contributed by atoms with Crippen LogP contribution in [0.4, 0.5) is 4.39 Å². The van der Waals surface area contributed by atoms with Gasteiger partial charge in [0.25, 0.3) is 11.7 Å². The molecule has 7 heteroatoms. The normalized spacial score (nSPS) is 17.9. The summed E-state index contributed by atoms with van der Waals surface area (Å²) in [5.41, 5.74) is 0.682. The molecule has 0 bridgehead atoms. The molecule has 0 aliphatic heterocycles. The van der Waals surface area contributed by atoms with E-state index in [1.165, 1.54) is 42.1 Å². The second-order valence-corrected chi connectivity index (χ2v) is 9.31. The molecule has 0 radical (unpaired) electrons. The first-order valence-electron chi connectivity index (χ1n) is 11.9. The fourth-order valence-corrected chi connectivity index (χ4v) is 5.14. The summed E-state index contributed by atoms with van der Waals surface area (Å²) in [5, 5.41) is 3.57. The van der Waals surface area contributed by atoms with Gasteiger partial charge in [-0.3, -0.25) is 14.4 Å². The molecular formula is C25H32FN3O3. The Balaban J connectivity index is 1.49. The lowest BCUT2D eigenvalue weighted by atomic mass is 9.88. The Hall–Kier alpha value is -2.70. The molecule has 2 saturated carbocycles. The highest BCUT2D eigenvalue weighted by molar-refractivity contribution is 6.45. The van der Waals surface area contributed by atoms with E-state index in [0.29, 0.717) is 23.4 Å². The number of aromatic amines is 1. The van der Waals surface area contributed by atoms with Crippen molar-refractivity contribution in [2.45, 2.75) is 70.3 Å². The number of nitrogens with one attached hydrogen (secondary N) is 2. The van der Waals surface area contributed by atoms with Gasteiger partial charge in [0.1, 0.15) is 5.82 Å². The molecule has 1 aromatic heterocycles. The van der Waals surface area contributed by atoms with Crippen LogP contribution in [-0.2, 0) is 9.59 Å². The number of H-pyrrole nitrogens is 1. The lowest BCUT2D eigenvalue weighted by Gasteiger charge is -2.30. The molecule has 0 atom stereocenters. The summed E-state index contributed by atoms with van der Waals surface area (Å²) in [6, 6.07) is 4.23. The first kappa shape index (κ1) is 22.5. The maximum atomic E-state index is 13.5. The lowest BCUT2D eigenvalue weighted by Crippen LogP contribution is -2.48. The molecule has 1 aromatic carbocycles. The first-order valence-corrected chi connectivity index (χ1v) is 11.9. The number of nitrogens with zero attached hydrogens (tertiary/aromatic N) is 1. The molecule has 0 saturated heterocycles. The molecule has 0 unspecified atom stereocenters. The number of fused-ring (bicyclic) bond motifs is 1. The van der Waals surface area contributed by atoms with Crippen LogP contribution >= 0.6 is 0 Å². The number of ketones is 1. The quantitative estimate of drug-likeness (QED) is 0.495. The van der Waals surface area contributed by atoms with E-state index in [-0.39, 0.29) is 24.1 Å². The fourth-order valence-electron chi connectivity index (χ4n) is 5.14. The summed E-state index contributed by atoms with van der Waals surface area (Å²) < 4.78 is 13.5. The van der Waals surface area contributed by atoms with Crippen LogP contribution in [0.2, 0.25) is 0 Å². The molecule has 0 spiro atoms. The van der Waals surface area contributed by atoms with Crippen LogP contribution in [0.5, 0.6) is 0 Å². The Morgan fingerprint density at radius 1 is 1.00 bits per heavy atom. The van der Waals surface area contributed by atoms with Crippen molar-refractivity contribution >= 4 is 28.5 Å². The molecular weight excluding hydrogens is 409 g/mol. The van der Waals surface area contributed by atoms with Crippen molar-refractivity contribution in [3.63, 3.8) is 0 Å². The number of hydrogen-bond acceptors (Lipinski definition) is 3. The number of hydrogen-bond donors (Lipinski definition) is 2. The number of Topliss-reactive ketones (excluding diaryl/α,β-unsaturated/α-hetero) is 1. The number of amides is 2. The van der Waals surface area contributed by atoms with Crippen LogP contribution in [0.3, 0.4) is 0 Å². The van der Waals surface area contributed by atoms with Gasteiger partial charge in [-0.2, -0.15) is 0 Å². The third kappa shape index (κ3) is 5.37. The number of carbonyl (C=O) groups is 3. The minimum absolute atomic E-state index is 0.103. The molecule has 2 aliphatic rings. The van der Waals surface area contributed by atoms with Crippen molar-refractivity contribution < 1.29 is 18.8 Å². The van der Waals surface area contributed by atoms with Gasteiger partial charge in [-0.05, 0) is 49.8 Å². The Morgan fingerprint density at radius 2 is 1.69 bits per heavy atom. The summed E-state index contributed by atoms with van der Waals surface area (Å²) in [6.45, 7) is 0.314. The van der Waals surface area contributed by atoms with Gasteiger partial charge >= 0.3 is 0 Å². The highest BCUT2D eigenvalue weighted by Gasteiger charge is 2.30. The van der Waals surface area contributed by atoms with Gasteiger partial charge < -0.3 is 15.2 Å². The summed E-state index contributed by atoms with van der Waals surface area (Å²) in [6.07, 6.45) is 12.2. The van der Waals surface area contributed by atoms with E-state index >= 15 is 0 Å². The van der Waals surface area contributed by atoms with E-state index in [2.05, 4.69) is 10.3 Å². The number of carbonyl (C=O) groups excluding carboxylic acids is 3. The van der Waals surface area contributed by atoms with Gasteiger partial charge in [0.15, 0.2) is 0 Å². The molecule has 4 rings (SSSR count). The minimum Gasteiger partial charge on any atom is -0.360 e. The van der Waals surface area contributed by atoms with Crippen molar-refractivity contribution in [2.24, 2.45) is 5.92 Å². The van der Waals surface area contributed by atoms with Crippen LogP contribution in [0.15, 0.2) is 24.4 Å². The van der Waals surface area contributed by atoms with Gasteiger partial charge in [0.2, 0.25) is 5.91 Å². The van der Waals surface area contributed by atoms with Crippen molar-refractivity contribution in [2.75, 3.05) is 13.1 Å². The number of rotatable bonds is 7. The van der Waals surface area contributed by atoms with Crippen LogP contribution in [0.25, 0.3) is 10.9 Å². The summed E-state index contributed by atoms with van der Waals surface area (Å²) >= 11 is 0. The maximum Gasteiger partial charge on any atom is 0.295 e. The topological polar surface area (TPSA) is 82.3 Å². The van der Waals surface area contributed by atoms with Gasteiger partial charge in [0.05, 0.1) is 12.1 Å². The Morgan fingerprint density at radius 3 is 2.41 bits per heavy atom. The van der Waals surface area contributed by atoms with E-state index < -0.39 is 17.5 Å². The van der Waals surface area contributed by atoms with Gasteiger partial charge in [-0.15, -0.1) is 0 Å². The largest absolute Gasteiger partial charge is 0.360 e. The minimum atomic E-state index is -0.667. The standard InChI is InChI=1S/C25H32FN3O3/c26-18-11-12-20-21(14-27-22(20)13-18)24(31)25(32)29(15-17-7-3-1-4-8-17)16-23(30)28-19-9-5-2-6-10-19/h11-14,17,19,27H,1-10,15-16H2,(H,28,30). The average Bonchev–Trinajstić information content (AvgIpc) is 3.22. The second kappa shape index (κ2) is 10.3. The molecule has 2 fully saturated rings. The third-order valence-corrected chi connectivity index (χ3v) is 6.88. The van der Waals surface area contributed by atoms with Crippen LogP contribution in [0, 0.1) is 11.7 Å². The second-order valence-electron chi connectivity index (χ2n) is 9.31. The van der Waals surface area contributed by atoms with Crippen molar-refractivity contribution in [3.05, 3.63) is 35.8 Å². The number of aromatic nitrogens is 1. The van der Waals surface area contributed by atoms with Crippen molar-refractivity contribution in [1.82, 2.24) is 15.2 Å². The van der Waals surface area contributed by atoms with Crippen LogP contribution in [0.1, 0.15) is 74.6 Å². The highest BCUT2D eigenvalue weighted by Crippen LogP contribution is 2.26. The zero-order valence-electron chi connectivity index (χ0n) is 18.5. The monoisotopic (exact) mass is 441 g/mol. The van der Waals surface area contributed by atoms with Gasteiger partial charge in [-0.1, -0.05) is 38.5 Å². The zero-order valence-corrected chi connectivity index (χ0v) is 18.5. The number of halogens is 1. The Kier molecular flexibility index (Phi) is 7.22. The summed E-state index contributed by atoms with van der Waals surface area (Å²) in [4.78, 5) is 43.4. The van der Waals surface area contributed by atoms with Gasteiger partial charge in [0, 0.05) is 29.7 Å². The maximum absolute atomic E-state index is 13.5. The van der Waals surface area contributed by atoms with Crippen LogP contribution in [-0.4, -0.2) is 46.6 Å². The number of benzene rings is 1. The summed E-state index contributed by atoms with van der Waals surface area (Å²) in [5.74, 6) is -1.64. The van der Waals surface area contributed by atoms with E-state index in [0.717, 1.165) is 51.4 Å². The molecule has 2 N–H and O–H groups in total. The molecule has 1 heterocycles. The third-order valence-electron chi connectivity index (χ3n) is 6.88. The van der Waals surface area contributed by atoms with Gasteiger partial charge in [-0.25, -0.2) is 4.39 Å². The molecule has 6 nitrogen and oxygen atoms in total. The predicted molar refractivity (Wildman–Crippen MR) is 121 cm³/mol. The Labute approximate surface area is 187 Å². The predicted octanol–water partition coefficient (Wildman–Crippen LogP) is 4.35. The van der Waals surface area contributed by atoms with Crippen molar-refractivity contribution in [1.29, 1.82) is 0 Å². The van der Waals surface area contributed by atoms with E-state index in [4.69, 9.17) is 0 Å². The average molecular weight is 442 g/mol. The lowest BCUT2D eigenvalue weighted by molar-refractivity contribution is -0.133. The SMILES string of the molecule is O=C(CN(CC1CCCCC1)C(=O)C(=O)c1c[nH]c2cc(F)ccc12)NC1CCCCC1. The van der Waals surface area contributed by atoms with Crippen molar-refractivity contribution in [3.8, 4) is 0 Å². The molecule has 2 aliphatic carbocycles. The zero-order chi connectivity index (χ0) is 22.5. The smallest absolute Gasteiger partial charge is 0.295 e.